The van der Waals surface area contributed by atoms with Crippen molar-refractivity contribution < 1.29 is 18.3 Å². The summed E-state index contributed by atoms with van der Waals surface area (Å²) in [5.41, 5.74) is 1.38. The van der Waals surface area contributed by atoms with Crippen LogP contribution in [-0.4, -0.2) is 34.1 Å². The molecule has 0 atom stereocenters. The molecule has 3 aromatic carbocycles. The number of halogens is 2. The maximum atomic E-state index is 13.3. The second-order valence-electron chi connectivity index (χ2n) is 6.99. The fourth-order valence-electron chi connectivity index (χ4n) is 3.22. The van der Waals surface area contributed by atoms with Gasteiger partial charge in [0, 0.05) is 10.6 Å². The number of alkyl halides is 2. The molecule has 0 fully saturated rings. The van der Waals surface area contributed by atoms with E-state index in [9.17, 15) is 18.4 Å². The van der Waals surface area contributed by atoms with Crippen molar-refractivity contribution >= 4 is 46.0 Å². The molecule has 0 aliphatic heterocycles. The van der Waals surface area contributed by atoms with Gasteiger partial charge in [-0.25, -0.2) is 4.98 Å². The second kappa shape index (κ2) is 10.7. The van der Waals surface area contributed by atoms with Crippen LogP contribution in [0.4, 0.5) is 14.5 Å². The number of hydrogen-bond donors (Lipinski definition) is 1. The number of fused-ring (bicyclic) bond motifs is 1. The van der Waals surface area contributed by atoms with Gasteiger partial charge >= 0.3 is 0 Å². The van der Waals surface area contributed by atoms with E-state index >= 15 is 0 Å². The largest absolute Gasteiger partial charge is 0.497 e. The Morgan fingerprint density at radius 3 is 2.44 bits per heavy atom. The quantitative estimate of drug-likeness (QED) is 0.257. The summed E-state index contributed by atoms with van der Waals surface area (Å²) in [4.78, 5) is 30.8. The van der Waals surface area contributed by atoms with Crippen molar-refractivity contribution in [3.8, 4) is 11.4 Å². The van der Waals surface area contributed by atoms with Crippen molar-refractivity contribution in [2.75, 3.05) is 18.2 Å². The third kappa shape index (κ3) is 5.57. The van der Waals surface area contributed by atoms with E-state index in [0.29, 0.717) is 49.8 Å². The Morgan fingerprint density at radius 2 is 1.76 bits per heavy atom. The standard InChI is InChI=1S/C24H19F2N3O3S2/c1-32-17-10-8-16(9-11-17)29-22(31)19-4-2-3-5-20(19)28-24(29)33-14-21(30)27-15-6-12-18(13-7-15)34-23(25)26/h2-13,23H,14H2,1H3,(H,27,30). The van der Waals surface area contributed by atoms with E-state index in [4.69, 9.17) is 4.74 Å². The zero-order valence-electron chi connectivity index (χ0n) is 17.9. The van der Waals surface area contributed by atoms with Crippen molar-refractivity contribution in [2.24, 2.45) is 0 Å². The third-order valence-corrected chi connectivity index (χ3v) is 6.43. The van der Waals surface area contributed by atoms with Crippen molar-refractivity contribution in [2.45, 2.75) is 15.8 Å². The molecular formula is C24H19F2N3O3S2. The maximum absolute atomic E-state index is 13.3. The fraction of sp³-hybridized carbons (Fsp3) is 0.125. The van der Waals surface area contributed by atoms with Gasteiger partial charge in [-0.2, -0.15) is 8.78 Å². The summed E-state index contributed by atoms with van der Waals surface area (Å²) < 4.78 is 31.6. The van der Waals surface area contributed by atoms with Crippen LogP contribution >= 0.6 is 23.5 Å². The minimum Gasteiger partial charge on any atom is -0.497 e. The number of methoxy groups -OCH3 is 1. The molecule has 174 valence electrons. The molecule has 0 saturated carbocycles. The molecular weight excluding hydrogens is 480 g/mol. The first kappa shape index (κ1) is 23.8. The number of ether oxygens (including phenoxy) is 1. The number of para-hydroxylation sites is 1. The first-order valence-corrected chi connectivity index (χ1v) is 11.9. The van der Waals surface area contributed by atoms with Gasteiger partial charge in [0.15, 0.2) is 5.16 Å². The number of hydrogen-bond acceptors (Lipinski definition) is 6. The highest BCUT2D eigenvalue weighted by atomic mass is 32.2. The lowest BCUT2D eigenvalue weighted by Crippen LogP contribution is -2.23. The Kier molecular flexibility index (Phi) is 7.49. The smallest absolute Gasteiger partial charge is 0.288 e. The van der Waals surface area contributed by atoms with Crippen LogP contribution in [0.25, 0.3) is 16.6 Å². The summed E-state index contributed by atoms with van der Waals surface area (Å²) >= 11 is 1.56. The topological polar surface area (TPSA) is 73.2 Å². The zero-order chi connectivity index (χ0) is 24.1. The number of thioether (sulfide) groups is 2. The normalized spacial score (nSPS) is 11.1. The van der Waals surface area contributed by atoms with Crippen LogP contribution in [0.15, 0.2) is 87.6 Å². The number of rotatable bonds is 8. The first-order valence-electron chi connectivity index (χ1n) is 10.1. The van der Waals surface area contributed by atoms with Crippen molar-refractivity contribution in [3.05, 3.63) is 83.2 Å². The predicted molar refractivity (Wildman–Crippen MR) is 132 cm³/mol. The van der Waals surface area contributed by atoms with E-state index in [1.165, 1.54) is 16.7 Å². The minimum absolute atomic E-state index is 0.00549. The van der Waals surface area contributed by atoms with Gasteiger partial charge in [0.25, 0.3) is 11.3 Å². The van der Waals surface area contributed by atoms with Gasteiger partial charge in [-0.05, 0) is 60.7 Å². The Bertz CT molecular complexity index is 1360. The molecule has 6 nitrogen and oxygen atoms in total. The number of nitrogens with one attached hydrogen (secondary N) is 1. The Morgan fingerprint density at radius 1 is 1.06 bits per heavy atom. The van der Waals surface area contributed by atoms with Gasteiger partial charge in [0.1, 0.15) is 5.75 Å². The van der Waals surface area contributed by atoms with Gasteiger partial charge < -0.3 is 10.1 Å². The number of benzene rings is 3. The highest BCUT2D eigenvalue weighted by Gasteiger charge is 2.15. The summed E-state index contributed by atoms with van der Waals surface area (Å²) in [6.45, 7) is 0. The molecule has 4 rings (SSSR count). The van der Waals surface area contributed by atoms with Crippen LogP contribution in [0, 0.1) is 0 Å². The maximum Gasteiger partial charge on any atom is 0.288 e. The predicted octanol–water partition coefficient (Wildman–Crippen LogP) is 5.44. The highest BCUT2D eigenvalue weighted by molar-refractivity contribution is 8.00. The Hall–Kier alpha value is -3.37. The monoisotopic (exact) mass is 499 g/mol. The van der Waals surface area contributed by atoms with Gasteiger partial charge in [-0.3, -0.25) is 14.2 Å². The average molecular weight is 500 g/mol. The molecule has 1 N–H and O–H groups in total. The van der Waals surface area contributed by atoms with Crippen LogP contribution in [0.2, 0.25) is 0 Å². The molecule has 34 heavy (non-hydrogen) atoms. The van der Waals surface area contributed by atoms with E-state index in [0.717, 1.165) is 11.8 Å². The number of carbonyl (C=O) groups excluding carboxylic acids is 1. The number of anilines is 1. The van der Waals surface area contributed by atoms with Crippen molar-refractivity contribution in [3.63, 3.8) is 0 Å². The molecule has 10 heteroatoms. The van der Waals surface area contributed by atoms with E-state index in [2.05, 4.69) is 10.3 Å². The summed E-state index contributed by atoms with van der Waals surface area (Å²) in [6.07, 6.45) is 0. The molecule has 4 aromatic rings. The van der Waals surface area contributed by atoms with E-state index < -0.39 is 5.76 Å². The highest BCUT2D eigenvalue weighted by Crippen LogP contribution is 2.27. The molecule has 0 unspecified atom stereocenters. The molecule has 0 spiro atoms. The van der Waals surface area contributed by atoms with E-state index in [1.54, 1.807) is 67.8 Å². The van der Waals surface area contributed by atoms with Gasteiger partial charge in [0.05, 0.1) is 29.5 Å². The van der Waals surface area contributed by atoms with Crippen molar-refractivity contribution in [1.82, 2.24) is 9.55 Å². The molecule has 0 bridgehead atoms. The third-order valence-electron chi connectivity index (χ3n) is 4.77. The van der Waals surface area contributed by atoms with Crippen molar-refractivity contribution in [1.29, 1.82) is 0 Å². The fourth-order valence-corrected chi connectivity index (χ4v) is 4.53. The minimum atomic E-state index is -2.51. The van der Waals surface area contributed by atoms with E-state index in [-0.39, 0.29) is 17.2 Å². The van der Waals surface area contributed by atoms with Gasteiger partial charge in [-0.1, -0.05) is 35.7 Å². The number of nitrogens with zero attached hydrogens (tertiary/aromatic N) is 2. The first-order chi connectivity index (χ1) is 16.4. The molecule has 0 radical (unpaired) electrons. The van der Waals surface area contributed by atoms with Crippen LogP contribution in [0.5, 0.6) is 5.75 Å². The summed E-state index contributed by atoms with van der Waals surface area (Å²) in [7, 11) is 1.56. The number of carbonyl (C=O) groups is 1. The lowest BCUT2D eigenvalue weighted by Gasteiger charge is -2.14. The van der Waals surface area contributed by atoms with E-state index in [1.807, 2.05) is 0 Å². The second-order valence-corrected chi connectivity index (χ2v) is 9.00. The lowest BCUT2D eigenvalue weighted by atomic mass is 10.2. The van der Waals surface area contributed by atoms with Crippen LogP contribution in [0.3, 0.4) is 0 Å². The zero-order valence-corrected chi connectivity index (χ0v) is 19.5. The summed E-state index contributed by atoms with van der Waals surface area (Å²) in [6, 6.07) is 20.2. The van der Waals surface area contributed by atoms with Gasteiger partial charge in [0.2, 0.25) is 5.91 Å². The Labute approximate surface area is 202 Å². The van der Waals surface area contributed by atoms with Crippen LogP contribution < -0.4 is 15.6 Å². The average Bonchev–Trinajstić information content (AvgIpc) is 2.84. The lowest BCUT2D eigenvalue weighted by molar-refractivity contribution is -0.113. The summed E-state index contributed by atoms with van der Waals surface area (Å²) in [5.74, 6) is -2.18. The Balaban J connectivity index is 1.57. The number of amides is 1. The molecule has 0 aliphatic rings. The number of aromatic nitrogens is 2. The SMILES string of the molecule is COc1ccc(-n2c(SCC(=O)Nc3ccc(SC(F)F)cc3)nc3ccccc3c2=O)cc1. The molecule has 0 saturated heterocycles. The summed E-state index contributed by atoms with van der Waals surface area (Å²) in [5, 5.41) is 3.57. The molecule has 1 heterocycles. The molecule has 1 amide bonds. The van der Waals surface area contributed by atoms with Crippen LogP contribution in [-0.2, 0) is 4.79 Å². The molecule has 1 aromatic heterocycles. The van der Waals surface area contributed by atoms with Crippen LogP contribution in [0.1, 0.15) is 0 Å². The van der Waals surface area contributed by atoms with Gasteiger partial charge in [-0.15, -0.1) is 0 Å². The molecule has 0 aliphatic carbocycles.